The van der Waals surface area contributed by atoms with Gasteiger partial charge in [0.2, 0.25) is 0 Å². The van der Waals surface area contributed by atoms with Crippen molar-refractivity contribution >= 4 is 21.6 Å². The van der Waals surface area contributed by atoms with Gasteiger partial charge < -0.3 is 19.0 Å². The summed E-state index contributed by atoms with van der Waals surface area (Å²) in [5.74, 6) is 1.76. The van der Waals surface area contributed by atoms with E-state index in [-0.39, 0.29) is 27.3 Å². The van der Waals surface area contributed by atoms with Crippen LogP contribution in [0.5, 0.6) is 17.2 Å². The molecule has 0 bridgehead atoms. The molecule has 9 heteroatoms. The van der Waals surface area contributed by atoms with Gasteiger partial charge in [-0.15, -0.1) is 0 Å². The summed E-state index contributed by atoms with van der Waals surface area (Å²) < 4.78 is 44.1. The van der Waals surface area contributed by atoms with Crippen LogP contribution in [0.4, 0.5) is 5.82 Å². The molecule has 0 fully saturated rings. The number of hydrogen-bond acceptors (Lipinski definition) is 7. The molecule has 0 aliphatic carbocycles. The minimum atomic E-state index is -4.09. The molecule has 39 heavy (non-hydrogen) atoms. The third-order valence-electron chi connectivity index (χ3n) is 6.20. The second-order valence-corrected chi connectivity index (χ2v) is 13.1. The van der Waals surface area contributed by atoms with E-state index in [4.69, 9.17) is 18.6 Å². The number of hydrogen-bond donors (Lipinski definition) is 1. The van der Waals surface area contributed by atoms with Crippen molar-refractivity contribution in [1.29, 1.82) is 0 Å². The zero-order valence-electron chi connectivity index (χ0n) is 23.8. The highest BCUT2D eigenvalue weighted by molar-refractivity contribution is 7.87. The van der Waals surface area contributed by atoms with Crippen LogP contribution in [-0.2, 0) is 10.1 Å². The molecule has 0 atom stereocenters. The summed E-state index contributed by atoms with van der Waals surface area (Å²) in [5, 5.41) is 3.73. The molecule has 0 amide bonds. The summed E-state index contributed by atoms with van der Waals surface area (Å²) in [6.07, 6.45) is 2.94. The molecule has 0 aliphatic rings. The van der Waals surface area contributed by atoms with Gasteiger partial charge in [0.15, 0.2) is 11.5 Å². The zero-order valence-corrected chi connectivity index (χ0v) is 24.6. The minimum Gasteiger partial charge on any atom is -0.497 e. The molecule has 2 aromatic carbocycles. The highest BCUT2D eigenvalue weighted by Crippen LogP contribution is 2.39. The molecule has 4 aromatic rings. The number of fused-ring (bicyclic) bond motifs is 1. The van der Waals surface area contributed by atoms with Gasteiger partial charge in [0.25, 0.3) is 0 Å². The van der Waals surface area contributed by atoms with Crippen LogP contribution in [0.3, 0.4) is 0 Å². The molecular weight excluding hydrogens is 514 g/mol. The monoisotopic (exact) mass is 551 g/mol. The van der Waals surface area contributed by atoms with Gasteiger partial charge in [0, 0.05) is 17.3 Å². The number of aromatic nitrogens is 2. The Bertz CT molecular complexity index is 1580. The number of aryl methyl sites for hydroxylation is 1. The SMILES string of the molecule is COc1ccc(S(=O)(=O)Oc2ccc(-c3nc4cc(C)ccn4c3NC(C)(C)CC(C)(C)C)cc2OC)cc1. The highest BCUT2D eigenvalue weighted by Gasteiger charge is 2.28. The maximum absolute atomic E-state index is 13.0. The number of pyridine rings is 1. The number of ether oxygens (including phenoxy) is 2. The van der Waals surface area contributed by atoms with Crippen molar-refractivity contribution in [1.82, 2.24) is 9.38 Å². The first-order valence-electron chi connectivity index (χ1n) is 12.8. The fourth-order valence-corrected chi connectivity index (χ4v) is 5.89. The number of nitrogens with one attached hydrogen (secondary N) is 1. The van der Waals surface area contributed by atoms with Crippen LogP contribution in [0.25, 0.3) is 16.9 Å². The van der Waals surface area contributed by atoms with Crippen molar-refractivity contribution in [3.05, 3.63) is 66.4 Å². The quantitative estimate of drug-likeness (QED) is 0.231. The van der Waals surface area contributed by atoms with Crippen LogP contribution in [0, 0.1) is 12.3 Å². The van der Waals surface area contributed by atoms with E-state index < -0.39 is 10.1 Å². The van der Waals surface area contributed by atoms with E-state index in [9.17, 15) is 8.42 Å². The van der Waals surface area contributed by atoms with E-state index in [1.807, 2.05) is 29.7 Å². The summed E-state index contributed by atoms with van der Waals surface area (Å²) >= 11 is 0. The average Bonchev–Trinajstić information content (AvgIpc) is 3.19. The van der Waals surface area contributed by atoms with Gasteiger partial charge in [-0.1, -0.05) is 20.8 Å². The second kappa shape index (κ2) is 10.4. The Balaban J connectivity index is 1.75. The number of anilines is 1. The van der Waals surface area contributed by atoms with E-state index in [1.54, 1.807) is 30.3 Å². The molecule has 0 spiro atoms. The molecule has 0 radical (unpaired) electrons. The Labute approximate surface area is 231 Å². The average molecular weight is 552 g/mol. The molecule has 8 nitrogen and oxygen atoms in total. The predicted octanol–water partition coefficient (Wildman–Crippen LogP) is 6.72. The maximum atomic E-state index is 13.0. The fraction of sp³-hybridized carbons (Fsp3) is 0.367. The first-order valence-corrected chi connectivity index (χ1v) is 14.2. The zero-order chi connectivity index (χ0) is 28.6. The van der Waals surface area contributed by atoms with Gasteiger partial charge in [-0.2, -0.15) is 8.42 Å². The Kier molecular flexibility index (Phi) is 7.58. The minimum absolute atomic E-state index is 0.0118. The van der Waals surface area contributed by atoms with E-state index in [0.717, 1.165) is 34.7 Å². The molecule has 208 valence electrons. The summed E-state index contributed by atoms with van der Waals surface area (Å²) in [6.45, 7) is 13.0. The van der Waals surface area contributed by atoms with Crippen LogP contribution in [0.15, 0.2) is 65.7 Å². The van der Waals surface area contributed by atoms with Crippen LogP contribution < -0.4 is 19.0 Å². The van der Waals surface area contributed by atoms with Gasteiger partial charge in [0.1, 0.15) is 27.8 Å². The Morgan fingerprint density at radius 1 is 0.897 bits per heavy atom. The number of imidazole rings is 1. The van der Waals surface area contributed by atoms with Crippen molar-refractivity contribution in [3.63, 3.8) is 0 Å². The summed E-state index contributed by atoms with van der Waals surface area (Å²) in [5.41, 5.74) is 3.28. The topological polar surface area (TPSA) is 91.2 Å². The van der Waals surface area contributed by atoms with Gasteiger partial charge in [-0.05, 0) is 92.8 Å². The molecular formula is C30H37N3O5S. The molecule has 0 unspecified atom stereocenters. The normalized spacial score (nSPS) is 12.4. The van der Waals surface area contributed by atoms with Crippen molar-refractivity contribution in [2.45, 2.75) is 58.4 Å². The van der Waals surface area contributed by atoms with E-state index in [1.165, 1.54) is 26.4 Å². The largest absolute Gasteiger partial charge is 0.497 e. The Hall–Kier alpha value is -3.72. The van der Waals surface area contributed by atoms with E-state index >= 15 is 0 Å². The third kappa shape index (κ3) is 6.47. The molecule has 2 heterocycles. The van der Waals surface area contributed by atoms with Crippen LogP contribution in [0.2, 0.25) is 0 Å². The molecule has 1 N–H and O–H groups in total. The van der Waals surface area contributed by atoms with Crippen molar-refractivity contribution < 1.29 is 22.1 Å². The number of benzene rings is 2. The lowest BCUT2D eigenvalue weighted by atomic mass is 9.82. The van der Waals surface area contributed by atoms with E-state index in [0.29, 0.717) is 5.75 Å². The number of methoxy groups -OCH3 is 2. The smallest absolute Gasteiger partial charge is 0.339 e. The lowest BCUT2D eigenvalue weighted by molar-refractivity contribution is 0.302. The summed E-state index contributed by atoms with van der Waals surface area (Å²) in [4.78, 5) is 4.95. The molecule has 0 saturated carbocycles. The highest BCUT2D eigenvalue weighted by atomic mass is 32.2. The van der Waals surface area contributed by atoms with Gasteiger partial charge in [0.05, 0.1) is 14.2 Å². The van der Waals surface area contributed by atoms with Crippen molar-refractivity contribution in [2.75, 3.05) is 19.5 Å². The van der Waals surface area contributed by atoms with Gasteiger partial charge in [-0.25, -0.2) is 4.98 Å². The van der Waals surface area contributed by atoms with Crippen LogP contribution in [0.1, 0.15) is 46.6 Å². The lowest BCUT2D eigenvalue weighted by Crippen LogP contribution is -2.36. The van der Waals surface area contributed by atoms with Crippen molar-refractivity contribution in [3.8, 4) is 28.5 Å². The van der Waals surface area contributed by atoms with Crippen LogP contribution in [-0.4, -0.2) is 37.6 Å². The van der Waals surface area contributed by atoms with Crippen molar-refractivity contribution in [2.24, 2.45) is 5.41 Å². The predicted molar refractivity (Wildman–Crippen MR) is 154 cm³/mol. The van der Waals surface area contributed by atoms with Crippen LogP contribution >= 0.6 is 0 Å². The Morgan fingerprint density at radius 3 is 2.21 bits per heavy atom. The Morgan fingerprint density at radius 2 is 1.59 bits per heavy atom. The number of nitrogens with zero attached hydrogens (tertiary/aromatic N) is 2. The third-order valence-corrected chi connectivity index (χ3v) is 7.44. The summed E-state index contributed by atoms with van der Waals surface area (Å²) in [6, 6.07) is 15.2. The number of rotatable bonds is 9. The lowest BCUT2D eigenvalue weighted by Gasteiger charge is -2.34. The second-order valence-electron chi connectivity index (χ2n) is 11.6. The summed E-state index contributed by atoms with van der Waals surface area (Å²) in [7, 11) is -1.10. The fourth-order valence-electron chi connectivity index (χ4n) is 4.95. The molecule has 0 saturated heterocycles. The molecule has 2 aromatic heterocycles. The van der Waals surface area contributed by atoms with E-state index in [2.05, 4.69) is 39.9 Å². The standard InChI is InChI=1S/C30H37N3O5S/c1-20-15-16-33-26(17-20)31-27(28(33)32-30(5,6)19-29(2,3)4)21-9-14-24(25(18-21)37-8)38-39(34,35)23-12-10-22(36-7)11-13-23/h9-18,32H,19H2,1-8H3. The van der Waals surface area contributed by atoms with Gasteiger partial charge in [-0.3, -0.25) is 4.40 Å². The molecule has 4 rings (SSSR count). The maximum Gasteiger partial charge on any atom is 0.339 e. The first kappa shape index (κ1) is 28.3. The van der Waals surface area contributed by atoms with Gasteiger partial charge >= 0.3 is 10.1 Å². The molecule has 0 aliphatic heterocycles. The first-order chi connectivity index (χ1) is 18.2.